The van der Waals surface area contributed by atoms with Gasteiger partial charge < -0.3 is 19.7 Å². The summed E-state index contributed by atoms with van der Waals surface area (Å²) in [5.74, 6) is -0.548. The van der Waals surface area contributed by atoms with Crippen LogP contribution < -0.4 is 14.8 Å². The van der Waals surface area contributed by atoms with Gasteiger partial charge in [-0.25, -0.2) is 8.78 Å². The first kappa shape index (κ1) is 17.5. The van der Waals surface area contributed by atoms with E-state index in [-0.39, 0.29) is 24.8 Å². The van der Waals surface area contributed by atoms with E-state index >= 15 is 0 Å². The van der Waals surface area contributed by atoms with E-state index in [1.807, 2.05) is 0 Å². The molecule has 0 fully saturated rings. The van der Waals surface area contributed by atoms with E-state index in [1.54, 1.807) is 42.5 Å². The molecule has 3 aromatic rings. The Morgan fingerprint density at radius 2 is 1.72 bits per heavy atom. The summed E-state index contributed by atoms with van der Waals surface area (Å²) in [6, 6.07) is 15.9. The molecule has 5 rings (SSSR count). The predicted octanol–water partition coefficient (Wildman–Crippen LogP) is 4.46. The van der Waals surface area contributed by atoms with Gasteiger partial charge in [0, 0.05) is 12.2 Å². The molecule has 0 bridgehead atoms. The Labute approximate surface area is 165 Å². The average molecular weight is 394 g/mol. The third kappa shape index (κ3) is 2.95. The highest BCUT2D eigenvalue weighted by atomic mass is 19.1. The number of carbonyl (C=O) groups is 1. The minimum absolute atomic E-state index is 0.134. The minimum atomic E-state index is -0.996. The van der Waals surface area contributed by atoms with Crippen molar-refractivity contribution in [3.63, 3.8) is 0 Å². The second-order valence-electron chi connectivity index (χ2n) is 6.85. The molecule has 2 heterocycles. The molecule has 7 heteroatoms. The molecule has 29 heavy (non-hydrogen) atoms. The van der Waals surface area contributed by atoms with Gasteiger partial charge in [-0.2, -0.15) is 0 Å². The molecule has 0 aromatic heterocycles. The van der Waals surface area contributed by atoms with Crippen LogP contribution in [0.25, 0.3) is 0 Å². The van der Waals surface area contributed by atoms with Crippen molar-refractivity contribution in [1.82, 2.24) is 4.90 Å². The highest BCUT2D eigenvalue weighted by Crippen LogP contribution is 2.38. The second kappa shape index (κ2) is 6.77. The summed E-state index contributed by atoms with van der Waals surface area (Å²) in [6.45, 7) is 0.272. The zero-order chi connectivity index (χ0) is 20.0. The molecule has 0 radical (unpaired) electrons. The highest BCUT2D eigenvalue weighted by Gasteiger charge is 2.36. The van der Waals surface area contributed by atoms with Crippen molar-refractivity contribution in [3.8, 4) is 11.5 Å². The fraction of sp³-hybridized carbons (Fsp3) is 0.136. The smallest absolute Gasteiger partial charge is 0.258 e. The maximum Gasteiger partial charge on any atom is 0.258 e. The Hall–Kier alpha value is -3.61. The van der Waals surface area contributed by atoms with E-state index in [4.69, 9.17) is 9.47 Å². The number of para-hydroxylation sites is 1. The zero-order valence-electron chi connectivity index (χ0n) is 15.2. The Morgan fingerprint density at radius 1 is 0.966 bits per heavy atom. The first-order valence-corrected chi connectivity index (χ1v) is 9.11. The fourth-order valence-corrected chi connectivity index (χ4v) is 3.69. The van der Waals surface area contributed by atoms with Crippen LogP contribution in [0.4, 0.5) is 14.5 Å². The van der Waals surface area contributed by atoms with Crippen LogP contribution in [0.1, 0.15) is 27.7 Å². The van der Waals surface area contributed by atoms with Crippen molar-refractivity contribution in [2.75, 3.05) is 12.1 Å². The van der Waals surface area contributed by atoms with Crippen LogP contribution in [0.3, 0.4) is 0 Å². The van der Waals surface area contributed by atoms with Gasteiger partial charge in [0.15, 0.2) is 11.5 Å². The molecular formula is C22H16F2N2O3. The number of halogens is 2. The van der Waals surface area contributed by atoms with Crippen molar-refractivity contribution in [2.45, 2.75) is 12.7 Å². The molecule has 1 atom stereocenters. The van der Waals surface area contributed by atoms with Gasteiger partial charge in [0.25, 0.3) is 5.91 Å². The summed E-state index contributed by atoms with van der Waals surface area (Å²) in [5.41, 5.74) is 1.54. The van der Waals surface area contributed by atoms with Gasteiger partial charge in [0.1, 0.15) is 17.8 Å². The molecule has 146 valence electrons. The first-order chi connectivity index (χ1) is 14.1. The van der Waals surface area contributed by atoms with E-state index in [9.17, 15) is 13.6 Å². The molecule has 0 aliphatic carbocycles. The second-order valence-corrected chi connectivity index (χ2v) is 6.85. The van der Waals surface area contributed by atoms with Gasteiger partial charge in [-0.15, -0.1) is 0 Å². The number of benzene rings is 3. The molecule has 0 unspecified atom stereocenters. The number of rotatable bonds is 3. The number of nitrogens with zero attached hydrogens (tertiary/aromatic N) is 1. The number of hydrogen-bond acceptors (Lipinski definition) is 4. The number of ether oxygens (including phenoxy) is 2. The minimum Gasteiger partial charge on any atom is -0.454 e. The Kier molecular flexibility index (Phi) is 4.08. The number of carbonyl (C=O) groups excluding carboxylic acids is 1. The summed E-state index contributed by atoms with van der Waals surface area (Å²) in [7, 11) is 0. The number of fused-ring (bicyclic) bond motifs is 2. The van der Waals surface area contributed by atoms with Crippen molar-refractivity contribution in [3.05, 3.63) is 89.0 Å². The van der Waals surface area contributed by atoms with E-state index in [2.05, 4.69) is 5.32 Å². The molecule has 0 saturated carbocycles. The van der Waals surface area contributed by atoms with Crippen LogP contribution in [0.5, 0.6) is 11.5 Å². The van der Waals surface area contributed by atoms with Crippen LogP contribution in [0.2, 0.25) is 0 Å². The Morgan fingerprint density at radius 3 is 2.55 bits per heavy atom. The lowest BCUT2D eigenvalue weighted by atomic mass is 10.0. The number of anilines is 1. The first-order valence-electron chi connectivity index (χ1n) is 9.11. The molecular weight excluding hydrogens is 378 g/mol. The van der Waals surface area contributed by atoms with Crippen LogP contribution in [0.15, 0.2) is 60.7 Å². The van der Waals surface area contributed by atoms with Crippen LogP contribution in [-0.2, 0) is 6.54 Å². The Bertz CT molecular complexity index is 1100. The van der Waals surface area contributed by atoms with Gasteiger partial charge >= 0.3 is 0 Å². The summed E-state index contributed by atoms with van der Waals surface area (Å²) < 4.78 is 39.9. The summed E-state index contributed by atoms with van der Waals surface area (Å²) in [4.78, 5) is 14.7. The van der Waals surface area contributed by atoms with Gasteiger partial charge in [-0.05, 0) is 42.0 Å². The quantitative estimate of drug-likeness (QED) is 0.713. The summed E-state index contributed by atoms with van der Waals surface area (Å²) >= 11 is 0. The number of amides is 1. The van der Waals surface area contributed by atoms with Gasteiger partial charge in [-0.3, -0.25) is 4.79 Å². The topological polar surface area (TPSA) is 50.8 Å². The average Bonchev–Trinajstić information content (AvgIpc) is 3.18. The van der Waals surface area contributed by atoms with Crippen LogP contribution >= 0.6 is 0 Å². The van der Waals surface area contributed by atoms with E-state index in [0.717, 1.165) is 5.56 Å². The van der Waals surface area contributed by atoms with Crippen molar-refractivity contribution < 1.29 is 23.0 Å². The lowest BCUT2D eigenvalue weighted by molar-refractivity contribution is 0.0660. The SMILES string of the molecule is O=C1c2ccccc2N[C@@H](c2c(F)cccc2F)N1Cc1ccc2c(c1)OCO2. The maximum absolute atomic E-state index is 14.6. The zero-order valence-corrected chi connectivity index (χ0v) is 15.2. The van der Waals surface area contributed by atoms with Crippen molar-refractivity contribution in [2.24, 2.45) is 0 Å². The lowest BCUT2D eigenvalue weighted by Gasteiger charge is -2.38. The molecule has 2 aliphatic heterocycles. The highest BCUT2D eigenvalue weighted by molar-refractivity contribution is 6.01. The van der Waals surface area contributed by atoms with Gasteiger partial charge in [0.05, 0.1) is 11.1 Å². The van der Waals surface area contributed by atoms with Crippen molar-refractivity contribution >= 4 is 11.6 Å². The van der Waals surface area contributed by atoms with Crippen LogP contribution in [0, 0.1) is 11.6 Å². The van der Waals surface area contributed by atoms with E-state index in [1.165, 1.54) is 23.1 Å². The lowest BCUT2D eigenvalue weighted by Crippen LogP contribution is -2.43. The molecule has 5 nitrogen and oxygen atoms in total. The van der Waals surface area contributed by atoms with E-state index in [0.29, 0.717) is 22.7 Å². The standard InChI is InChI=1S/C22H16F2N2O3/c23-15-5-3-6-16(24)20(15)21-25-17-7-2-1-4-14(17)22(27)26(21)11-13-8-9-18-19(10-13)29-12-28-18/h1-10,21,25H,11-12H2/t21-/m1/s1. The van der Waals surface area contributed by atoms with E-state index < -0.39 is 17.8 Å². The molecule has 3 aromatic carbocycles. The Balaban J connectivity index is 1.58. The monoisotopic (exact) mass is 394 g/mol. The molecule has 0 saturated heterocycles. The summed E-state index contributed by atoms with van der Waals surface area (Å²) in [5, 5.41) is 3.12. The molecule has 1 amide bonds. The molecule has 1 N–H and O–H groups in total. The number of nitrogens with one attached hydrogen (secondary N) is 1. The third-order valence-electron chi connectivity index (χ3n) is 5.09. The maximum atomic E-state index is 14.6. The number of hydrogen-bond donors (Lipinski definition) is 1. The van der Waals surface area contributed by atoms with Crippen molar-refractivity contribution in [1.29, 1.82) is 0 Å². The molecule has 0 spiro atoms. The van der Waals surface area contributed by atoms with Gasteiger partial charge in [0.2, 0.25) is 6.79 Å². The molecule has 2 aliphatic rings. The van der Waals surface area contributed by atoms with Crippen LogP contribution in [-0.4, -0.2) is 17.6 Å². The summed E-state index contributed by atoms with van der Waals surface area (Å²) in [6.07, 6.45) is -0.996. The third-order valence-corrected chi connectivity index (χ3v) is 5.09. The largest absolute Gasteiger partial charge is 0.454 e. The normalized spacial score (nSPS) is 17.1. The van der Waals surface area contributed by atoms with Gasteiger partial charge in [-0.1, -0.05) is 24.3 Å². The fourth-order valence-electron chi connectivity index (χ4n) is 3.69. The predicted molar refractivity (Wildman–Crippen MR) is 102 cm³/mol.